The van der Waals surface area contributed by atoms with E-state index in [9.17, 15) is 4.79 Å². The monoisotopic (exact) mass is 354 g/mol. The summed E-state index contributed by atoms with van der Waals surface area (Å²) in [4.78, 5) is 10.9. The van der Waals surface area contributed by atoms with Crippen LogP contribution in [0.5, 0.6) is 11.5 Å². The molecular weight excluding hydrogens is 339 g/mol. The number of hydrogen-bond donors (Lipinski definition) is 1. The van der Waals surface area contributed by atoms with Crippen molar-refractivity contribution >= 4 is 29.2 Å². The van der Waals surface area contributed by atoms with Crippen molar-refractivity contribution in [2.75, 3.05) is 6.61 Å². The lowest BCUT2D eigenvalue weighted by Crippen LogP contribution is -2.10. The minimum atomic E-state index is -0.905. The first-order valence-corrected chi connectivity index (χ1v) is 7.81. The summed E-state index contributed by atoms with van der Waals surface area (Å²) in [5.41, 5.74) is 0.783. The fourth-order valence-electron chi connectivity index (χ4n) is 2.11. The molecule has 0 saturated carbocycles. The number of benzene rings is 2. The third kappa shape index (κ3) is 5.43. The van der Waals surface area contributed by atoms with Gasteiger partial charge in [0.1, 0.15) is 11.5 Å². The molecular formula is C17H16Cl2O4. The van der Waals surface area contributed by atoms with Gasteiger partial charge >= 0.3 is 5.97 Å². The Labute approximate surface area is 144 Å². The van der Waals surface area contributed by atoms with Crippen LogP contribution in [-0.2, 0) is 9.53 Å². The summed E-state index contributed by atoms with van der Waals surface area (Å²) < 4.78 is 11.2. The number of halogens is 2. The van der Waals surface area contributed by atoms with Gasteiger partial charge in [-0.2, -0.15) is 0 Å². The minimum Gasteiger partial charge on any atom is -0.481 e. The first-order chi connectivity index (χ1) is 11.0. The Morgan fingerprint density at radius 2 is 1.70 bits per heavy atom. The quantitative estimate of drug-likeness (QED) is 0.729. The molecule has 0 unspecified atom stereocenters. The second kappa shape index (κ2) is 8.20. The average molecular weight is 355 g/mol. The summed E-state index contributed by atoms with van der Waals surface area (Å²) in [6.45, 7) is 2.27. The summed E-state index contributed by atoms with van der Waals surface area (Å²) in [5.74, 6) is 0.220. The topological polar surface area (TPSA) is 55.8 Å². The maximum atomic E-state index is 10.9. The molecule has 0 aromatic heterocycles. The molecule has 2 aromatic rings. The van der Waals surface area contributed by atoms with Crippen LogP contribution in [0.25, 0.3) is 0 Å². The Hall–Kier alpha value is -1.75. The standard InChI is InChI=1S/C17H16Cl2O4/c1-2-22-16(10-17(20)21)11-3-5-14(6-4-11)23-15-8-12(18)7-13(19)9-15/h3-9,16H,2,10H2,1H3,(H,20,21)/t16-/m0/s1. The molecule has 0 fully saturated rings. The lowest BCUT2D eigenvalue weighted by molar-refractivity contribution is -0.140. The second-order valence-corrected chi connectivity index (χ2v) is 5.69. The van der Waals surface area contributed by atoms with E-state index in [0.29, 0.717) is 28.2 Å². The number of aliphatic carboxylic acids is 1. The lowest BCUT2D eigenvalue weighted by atomic mass is 10.1. The molecule has 0 amide bonds. The van der Waals surface area contributed by atoms with Gasteiger partial charge in [-0.25, -0.2) is 0 Å². The highest BCUT2D eigenvalue weighted by Gasteiger charge is 2.15. The van der Waals surface area contributed by atoms with Gasteiger partial charge in [0.25, 0.3) is 0 Å². The van der Waals surface area contributed by atoms with Crippen LogP contribution in [0.2, 0.25) is 10.0 Å². The number of rotatable bonds is 7. The molecule has 0 bridgehead atoms. The van der Waals surface area contributed by atoms with Gasteiger partial charge in [-0.3, -0.25) is 4.79 Å². The van der Waals surface area contributed by atoms with Crippen molar-refractivity contribution in [1.82, 2.24) is 0 Å². The Kier molecular flexibility index (Phi) is 6.28. The highest BCUT2D eigenvalue weighted by Crippen LogP contribution is 2.30. The van der Waals surface area contributed by atoms with Crippen LogP contribution in [0.15, 0.2) is 42.5 Å². The molecule has 6 heteroatoms. The zero-order valence-corrected chi connectivity index (χ0v) is 14.0. The third-order valence-electron chi connectivity index (χ3n) is 3.05. The van der Waals surface area contributed by atoms with Gasteiger partial charge in [0.2, 0.25) is 0 Å². The maximum Gasteiger partial charge on any atom is 0.306 e. The van der Waals surface area contributed by atoms with Crippen LogP contribution in [0.4, 0.5) is 0 Å². The molecule has 0 aliphatic heterocycles. The summed E-state index contributed by atoms with van der Waals surface area (Å²) in [6, 6.07) is 12.0. The van der Waals surface area contributed by atoms with E-state index in [1.54, 1.807) is 42.5 Å². The second-order valence-electron chi connectivity index (χ2n) is 4.82. The zero-order chi connectivity index (χ0) is 16.8. The number of carboxylic acid groups (broad SMARTS) is 1. The first-order valence-electron chi connectivity index (χ1n) is 7.05. The van der Waals surface area contributed by atoms with Crippen molar-refractivity contribution in [3.63, 3.8) is 0 Å². The molecule has 122 valence electrons. The van der Waals surface area contributed by atoms with Crippen LogP contribution < -0.4 is 4.74 Å². The zero-order valence-electron chi connectivity index (χ0n) is 12.5. The Bertz CT molecular complexity index is 651. The van der Waals surface area contributed by atoms with Gasteiger partial charge in [-0.05, 0) is 42.8 Å². The minimum absolute atomic E-state index is 0.0854. The van der Waals surface area contributed by atoms with E-state index in [4.69, 9.17) is 37.8 Å². The maximum absolute atomic E-state index is 10.9. The Morgan fingerprint density at radius 3 is 2.22 bits per heavy atom. The number of carbonyl (C=O) groups is 1. The van der Waals surface area contributed by atoms with E-state index in [2.05, 4.69) is 0 Å². The van der Waals surface area contributed by atoms with Gasteiger partial charge in [0.05, 0.1) is 12.5 Å². The molecule has 1 N–H and O–H groups in total. The van der Waals surface area contributed by atoms with Crippen molar-refractivity contribution in [3.8, 4) is 11.5 Å². The smallest absolute Gasteiger partial charge is 0.306 e. The van der Waals surface area contributed by atoms with Crippen LogP contribution in [-0.4, -0.2) is 17.7 Å². The highest BCUT2D eigenvalue weighted by molar-refractivity contribution is 6.34. The fourth-order valence-corrected chi connectivity index (χ4v) is 2.61. The van der Waals surface area contributed by atoms with Crippen LogP contribution in [0, 0.1) is 0 Å². The summed E-state index contributed by atoms with van der Waals surface area (Å²) in [5, 5.41) is 9.92. The fraction of sp³-hybridized carbons (Fsp3) is 0.235. The van der Waals surface area contributed by atoms with Crippen molar-refractivity contribution < 1.29 is 19.4 Å². The molecule has 0 saturated heterocycles. The van der Waals surface area contributed by atoms with Crippen molar-refractivity contribution in [2.24, 2.45) is 0 Å². The highest BCUT2D eigenvalue weighted by atomic mass is 35.5. The Balaban J connectivity index is 2.13. The average Bonchev–Trinajstić information content (AvgIpc) is 2.46. The van der Waals surface area contributed by atoms with Crippen LogP contribution in [0.1, 0.15) is 25.0 Å². The molecule has 1 atom stereocenters. The molecule has 2 aromatic carbocycles. The van der Waals surface area contributed by atoms with Crippen molar-refractivity contribution in [3.05, 3.63) is 58.1 Å². The lowest BCUT2D eigenvalue weighted by Gasteiger charge is -2.16. The van der Waals surface area contributed by atoms with Crippen molar-refractivity contribution in [2.45, 2.75) is 19.4 Å². The molecule has 0 aliphatic rings. The summed E-state index contributed by atoms with van der Waals surface area (Å²) in [7, 11) is 0. The third-order valence-corrected chi connectivity index (χ3v) is 3.49. The summed E-state index contributed by atoms with van der Waals surface area (Å²) in [6.07, 6.45) is -0.565. The number of carboxylic acids is 1. The van der Waals surface area contributed by atoms with Crippen LogP contribution >= 0.6 is 23.2 Å². The molecule has 0 aliphatic carbocycles. The number of hydrogen-bond acceptors (Lipinski definition) is 3. The normalized spacial score (nSPS) is 12.0. The van der Waals surface area contributed by atoms with Gasteiger partial charge in [0.15, 0.2) is 0 Å². The van der Waals surface area contributed by atoms with E-state index in [1.165, 1.54) is 0 Å². The molecule has 23 heavy (non-hydrogen) atoms. The van der Waals surface area contributed by atoms with E-state index >= 15 is 0 Å². The van der Waals surface area contributed by atoms with E-state index in [1.807, 2.05) is 6.92 Å². The molecule has 0 radical (unpaired) electrons. The Morgan fingerprint density at radius 1 is 1.09 bits per heavy atom. The predicted molar refractivity (Wildman–Crippen MR) is 89.6 cm³/mol. The molecule has 0 heterocycles. The van der Waals surface area contributed by atoms with Crippen molar-refractivity contribution in [1.29, 1.82) is 0 Å². The predicted octanol–water partition coefficient (Wildman–Crippen LogP) is 5.34. The SMILES string of the molecule is CCO[C@@H](CC(=O)O)c1ccc(Oc2cc(Cl)cc(Cl)c2)cc1. The first kappa shape index (κ1) is 17.6. The largest absolute Gasteiger partial charge is 0.481 e. The van der Waals surface area contributed by atoms with Gasteiger partial charge in [0, 0.05) is 16.7 Å². The number of ether oxygens (including phenoxy) is 2. The van der Waals surface area contributed by atoms with Gasteiger partial charge in [-0.15, -0.1) is 0 Å². The molecule has 4 nitrogen and oxygen atoms in total. The van der Waals surface area contributed by atoms with Crippen LogP contribution in [0.3, 0.4) is 0 Å². The van der Waals surface area contributed by atoms with E-state index < -0.39 is 12.1 Å². The van der Waals surface area contributed by atoms with Gasteiger partial charge in [-0.1, -0.05) is 35.3 Å². The van der Waals surface area contributed by atoms with E-state index in [0.717, 1.165) is 5.56 Å². The molecule has 0 spiro atoms. The molecule has 2 rings (SSSR count). The summed E-state index contributed by atoms with van der Waals surface area (Å²) >= 11 is 11.9. The van der Waals surface area contributed by atoms with E-state index in [-0.39, 0.29) is 6.42 Å². The van der Waals surface area contributed by atoms with Gasteiger partial charge < -0.3 is 14.6 Å².